The molecule has 7 N–H and O–H groups in total. The highest BCUT2D eigenvalue weighted by Gasteiger charge is 2.47. The van der Waals surface area contributed by atoms with E-state index in [0.717, 1.165) is 57.8 Å². The van der Waals surface area contributed by atoms with Gasteiger partial charge in [0.1, 0.15) is 55.4 Å². The number of esters is 2. The molecule has 0 aromatic heterocycles. The van der Waals surface area contributed by atoms with Gasteiger partial charge in [0.15, 0.2) is 18.7 Å². The molecule has 0 bridgehead atoms. The van der Waals surface area contributed by atoms with E-state index in [0.29, 0.717) is 19.3 Å². The first-order valence-electron chi connectivity index (χ1n) is 26.9. The Morgan fingerprint density at radius 2 is 0.871 bits per heavy atom. The van der Waals surface area contributed by atoms with Crippen LogP contribution in [0, 0.1) is 0 Å². The molecule has 0 spiro atoms. The van der Waals surface area contributed by atoms with Gasteiger partial charge < -0.3 is 64.2 Å². The summed E-state index contributed by atoms with van der Waals surface area (Å²) in [6.07, 6.45) is 31.1. The molecule has 2 heterocycles. The lowest BCUT2D eigenvalue weighted by atomic mass is 9.98. The highest BCUT2D eigenvalue weighted by atomic mass is 16.7. The first-order valence-corrected chi connectivity index (χ1v) is 26.9. The van der Waals surface area contributed by atoms with Crippen LogP contribution >= 0.6 is 0 Å². The van der Waals surface area contributed by atoms with Crippen LogP contribution in [0.1, 0.15) is 181 Å². The van der Waals surface area contributed by atoms with Gasteiger partial charge in [0.2, 0.25) is 0 Å². The van der Waals surface area contributed by atoms with Crippen LogP contribution in [-0.2, 0) is 38.0 Å². The predicted molar refractivity (Wildman–Crippen MR) is 270 cm³/mol. The topological polar surface area (TPSA) is 231 Å². The van der Waals surface area contributed by atoms with Crippen molar-refractivity contribution in [3.05, 3.63) is 60.8 Å². The van der Waals surface area contributed by atoms with E-state index in [1.165, 1.54) is 77.0 Å². The first-order chi connectivity index (χ1) is 34.0. The smallest absolute Gasteiger partial charge is 0.306 e. The Kier molecular flexibility index (Phi) is 37.7. The zero-order chi connectivity index (χ0) is 51.0. The molecule has 2 aliphatic heterocycles. The van der Waals surface area contributed by atoms with Crippen LogP contribution in [0.3, 0.4) is 0 Å². The van der Waals surface area contributed by atoms with Crippen molar-refractivity contribution in [1.29, 1.82) is 0 Å². The first kappa shape index (κ1) is 63.3. The van der Waals surface area contributed by atoms with E-state index in [1.54, 1.807) is 0 Å². The Labute approximate surface area is 420 Å². The highest BCUT2D eigenvalue weighted by molar-refractivity contribution is 5.70. The number of carbonyl (C=O) groups excluding carboxylic acids is 2. The summed E-state index contributed by atoms with van der Waals surface area (Å²) in [7, 11) is 0. The van der Waals surface area contributed by atoms with Crippen LogP contribution in [-0.4, -0.2) is 142 Å². The van der Waals surface area contributed by atoms with Gasteiger partial charge in [0, 0.05) is 12.8 Å². The largest absolute Gasteiger partial charge is 0.462 e. The van der Waals surface area contributed by atoms with E-state index in [4.69, 9.17) is 28.4 Å². The normalized spacial score (nSPS) is 25.8. The van der Waals surface area contributed by atoms with E-state index in [-0.39, 0.29) is 19.4 Å². The monoisotopic (exact) mass is 995 g/mol. The number of carbonyl (C=O) groups is 2. The third kappa shape index (κ3) is 29.0. The average Bonchev–Trinajstić information content (AvgIpc) is 3.35. The van der Waals surface area contributed by atoms with Crippen LogP contribution < -0.4 is 0 Å². The molecule has 0 amide bonds. The van der Waals surface area contributed by atoms with Gasteiger partial charge in [0.25, 0.3) is 0 Å². The van der Waals surface area contributed by atoms with Crippen LogP contribution in [0.2, 0.25) is 0 Å². The quantitative estimate of drug-likeness (QED) is 0.0175. The van der Waals surface area contributed by atoms with Crippen molar-refractivity contribution >= 4 is 11.9 Å². The SMILES string of the molecule is CCCCC/C=C/C/C=C/C/C=C/C/C=C/CCCC(=O)O[C@@H](COC(=O)CCCCCCCCC/C=C/CCCCCCCC)CO[C@@H]1O[C@H](CO[C@@H]2O[C@H](CO)[C@H](O)C(O)C2O)[C@H](O)C(O)C1O. The van der Waals surface area contributed by atoms with Gasteiger partial charge in [-0.05, 0) is 77.0 Å². The van der Waals surface area contributed by atoms with Gasteiger partial charge in [-0.15, -0.1) is 0 Å². The van der Waals surface area contributed by atoms with Gasteiger partial charge in [-0.3, -0.25) is 9.59 Å². The molecule has 2 fully saturated rings. The third-order valence-corrected chi connectivity index (χ3v) is 12.5. The van der Waals surface area contributed by atoms with Gasteiger partial charge in [-0.25, -0.2) is 0 Å². The van der Waals surface area contributed by atoms with Crippen molar-refractivity contribution < 1.29 is 73.8 Å². The second-order valence-corrected chi connectivity index (χ2v) is 18.7. The minimum Gasteiger partial charge on any atom is -0.462 e. The lowest BCUT2D eigenvalue weighted by Crippen LogP contribution is -2.61. The van der Waals surface area contributed by atoms with Crippen molar-refractivity contribution in [3.63, 3.8) is 0 Å². The summed E-state index contributed by atoms with van der Waals surface area (Å²) in [6.45, 7) is 2.50. The van der Waals surface area contributed by atoms with Crippen LogP contribution in [0.25, 0.3) is 0 Å². The Morgan fingerprint density at radius 3 is 1.43 bits per heavy atom. The zero-order valence-corrected chi connectivity index (χ0v) is 42.7. The fourth-order valence-corrected chi connectivity index (χ4v) is 8.03. The van der Waals surface area contributed by atoms with E-state index in [9.17, 15) is 45.3 Å². The standard InChI is InChI=1S/C55H94O15/c1-3-5-7-9-11-13-15-17-19-21-23-25-27-29-31-33-35-37-46(57)65-40-43(68-47(58)38-36-34-32-30-28-26-24-22-20-18-16-14-12-10-8-6-4-2)41-66-54-53(64)51(62)49(60)45(70-54)42-67-55-52(63)50(61)48(59)44(39-56)69-55/h12,14,17-20,24,26,30,32,43-45,48-56,59-64H,3-11,13,15-16,21-23,25,27-29,31,33-42H2,1-2H3/b14-12+,19-17+,20-18+,26-24+,32-30+/t43-,44+,45+,48-,49-,50?,51?,52?,53?,54+,55+/m0/s1. The number of allylic oxidation sites excluding steroid dienone is 10. The number of aliphatic hydroxyl groups excluding tert-OH is 7. The van der Waals surface area contributed by atoms with Crippen LogP contribution in [0.15, 0.2) is 60.8 Å². The van der Waals surface area contributed by atoms with Gasteiger partial charge in [-0.2, -0.15) is 0 Å². The summed E-state index contributed by atoms with van der Waals surface area (Å²) in [5.74, 6) is -0.997. The molecule has 2 saturated heterocycles. The van der Waals surface area contributed by atoms with E-state index in [2.05, 4.69) is 62.5 Å². The number of unbranched alkanes of at least 4 members (excludes halogenated alkanes) is 17. The molecule has 0 aromatic rings. The summed E-state index contributed by atoms with van der Waals surface area (Å²) < 4.78 is 33.5. The Hall–Kier alpha value is -2.80. The molecule has 11 atom stereocenters. The fourth-order valence-electron chi connectivity index (χ4n) is 8.03. The van der Waals surface area contributed by atoms with Crippen LogP contribution in [0.4, 0.5) is 0 Å². The molecule has 0 saturated carbocycles. The Bertz CT molecular complexity index is 1450. The van der Waals surface area contributed by atoms with Gasteiger partial charge in [-0.1, -0.05) is 152 Å². The molecule has 4 unspecified atom stereocenters. The molecule has 15 heteroatoms. The minimum atomic E-state index is -1.78. The minimum absolute atomic E-state index is 0.0866. The molecule has 0 aliphatic carbocycles. The average molecular weight is 995 g/mol. The Morgan fingerprint density at radius 1 is 0.457 bits per heavy atom. The summed E-state index contributed by atoms with van der Waals surface area (Å²) in [5, 5.41) is 72.1. The highest BCUT2D eigenvalue weighted by Crippen LogP contribution is 2.26. The number of ether oxygens (including phenoxy) is 6. The molecule has 70 heavy (non-hydrogen) atoms. The lowest BCUT2D eigenvalue weighted by molar-refractivity contribution is -0.332. The molecule has 0 radical (unpaired) electrons. The van der Waals surface area contributed by atoms with Crippen molar-refractivity contribution in [2.75, 3.05) is 26.4 Å². The molecular formula is C55H94O15. The maximum absolute atomic E-state index is 13.0. The molecule has 404 valence electrons. The lowest BCUT2D eigenvalue weighted by Gasteiger charge is -2.42. The van der Waals surface area contributed by atoms with Crippen molar-refractivity contribution in [3.8, 4) is 0 Å². The molecule has 2 rings (SSSR count). The second kappa shape index (κ2) is 41.6. The van der Waals surface area contributed by atoms with Gasteiger partial charge in [0.05, 0.1) is 19.8 Å². The van der Waals surface area contributed by atoms with E-state index >= 15 is 0 Å². The molecular weight excluding hydrogens is 901 g/mol. The fraction of sp³-hybridized carbons (Fsp3) is 0.782. The summed E-state index contributed by atoms with van der Waals surface area (Å²) in [5.41, 5.74) is 0. The second-order valence-electron chi connectivity index (χ2n) is 18.7. The van der Waals surface area contributed by atoms with Crippen molar-refractivity contribution in [2.45, 2.75) is 248 Å². The maximum Gasteiger partial charge on any atom is 0.306 e. The summed E-state index contributed by atoms with van der Waals surface area (Å²) >= 11 is 0. The predicted octanol–water partition coefficient (Wildman–Crippen LogP) is 8.05. The zero-order valence-electron chi connectivity index (χ0n) is 42.7. The van der Waals surface area contributed by atoms with Gasteiger partial charge >= 0.3 is 11.9 Å². The molecule has 0 aromatic carbocycles. The number of rotatable bonds is 41. The van der Waals surface area contributed by atoms with Crippen LogP contribution in [0.5, 0.6) is 0 Å². The van der Waals surface area contributed by atoms with Crippen molar-refractivity contribution in [2.24, 2.45) is 0 Å². The van der Waals surface area contributed by atoms with E-state index in [1.807, 2.05) is 12.2 Å². The number of hydrogen-bond donors (Lipinski definition) is 7. The number of hydrogen-bond acceptors (Lipinski definition) is 15. The number of aliphatic hydroxyl groups is 7. The van der Waals surface area contributed by atoms with E-state index < -0.39 is 99.3 Å². The maximum atomic E-state index is 13.0. The van der Waals surface area contributed by atoms with Crippen molar-refractivity contribution in [1.82, 2.24) is 0 Å². The third-order valence-electron chi connectivity index (χ3n) is 12.5. The summed E-state index contributed by atoms with van der Waals surface area (Å²) in [4.78, 5) is 25.8. The summed E-state index contributed by atoms with van der Waals surface area (Å²) in [6, 6.07) is 0. The Balaban J connectivity index is 1.82. The molecule has 2 aliphatic rings. The molecule has 15 nitrogen and oxygen atoms in total.